The molecule has 0 radical (unpaired) electrons. The highest BCUT2D eigenvalue weighted by Gasteiger charge is 2.03. The summed E-state index contributed by atoms with van der Waals surface area (Å²) in [4.78, 5) is 14.8. The van der Waals surface area contributed by atoms with Crippen LogP contribution in [-0.4, -0.2) is 27.4 Å². The van der Waals surface area contributed by atoms with Gasteiger partial charge in [0.15, 0.2) is 5.11 Å². The number of nitrogens with one attached hydrogen (secondary N) is 2. The monoisotopic (exact) mass is 300 g/mol. The third kappa shape index (κ3) is 4.66. The van der Waals surface area contributed by atoms with E-state index >= 15 is 0 Å². The highest BCUT2D eigenvalue weighted by Crippen LogP contribution is 2.10. The van der Waals surface area contributed by atoms with Crippen LogP contribution in [0.5, 0.6) is 0 Å². The maximum atomic E-state index is 10.9. The zero-order valence-electron chi connectivity index (χ0n) is 10.9. The molecule has 0 saturated carbocycles. The average Bonchev–Trinajstić information content (AvgIpc) is 2.48. The standard InChI is InChI=1S/C14H12N4O2S/c19-13(20)11-4-1-5-12(7-11)17-14(21)18-16-9-10-3-2-6-15-8-10/h1-9H,(H,19,20)(H2,17,18,21)/b16-9+. The first-order chi connectivity index (χ1) is 10.1. The SMILES string of the molecule is O=C(O)c1cccc(NC(=S)N/N=C/c2cccnc2)c1. The van der Waals surface area contributed by atoms with E-state index in [1.165, 1.54) is 12.1 Å². The van der Waals surface area contributed by atoms with Gasteiger partial charge in [0.25, 0.3) is 0 Å². The zero-order valence-corrected chi connectivity index (χ0v) is 11.7. The van der Waals surface area contributed by atoms with Crippen LogP contribution in [0.25, 0.3) is 0 Å². The minimum absolute atomic E-state index is 0.182. The molecule has 0 fully saturated rings. The molecule has 0 bridgehead atoms. The number of anilines is 1. The van der Waals surface area contributed by atoms with Gasteiger partial charge in [-0.05, 0) is 36.5 Å². The third-order valence-electron chi connectivity index (χ3n) is 2.43. The Kier molecular flexibility index (Phi) is 4.94. The summed E-state index contributed by atoms with van der Waals surface area (Å²) in [5.41, 5.74) is 4.23. The first-order valence-electron chi connectivity index (χ1n) is 5.98. The minimum atomic E-state index is -0.993. The van der Waals surface area contributed by atoms with E-state index < -0.39 is 5.97 Å². The van der Waals surface area contributed by atoms with Crippen molar-refractivity contribution < 1.29 is 9.90 Å². The quantitative estimate of drug-likeness (QED) is 0.455. The third-order valence-corrected chi connectivity index (χ3v) is 2.62. The van der Waals surface area contributed by atoms with Crippen LogP contribution in [0.3, 0.4) is 0 Å². The van der Waals surface area contributed by atoms with Crippen molar-refractivity contribution >= 4 is 35.2 Å². The van der Waals surface area contributed by atoms with Gasteiger partial charge in [-0.3, -0.25) is 10.4 Å². The number of pyridine rings is 1. The molecule has 0 atom stereocenters. The molecule has 1 aromatic heterocycles. The molecule has 1 aromatic carbocycles. The molecule has 0 spiro atoms. The van der Waals surface area contributed by atoms with E-state index in [9.17, 15) is 4.79 Å². The van der Waals surface area contributed by atoms with Gasteiger partial charge in [0, 0.05) is 23.6 Å². The lowest BCUT2D eigenvalue weighted by Crippen LogP contribution is -2.24. The highest BCUT2D eigenvalue weighted by molar-refractivity contribution is 7.80. The van der Waals surface area contributed by atoms with E-state index in [-0.39, 0.29) is 10.7 Å². The van der Waals surface area contributed by atoms with Crippen LogP contribution in [0, 0.1) is 0 Å². The van der Waals surface area contributed by atoms with Gasteiger partial charge in [0.1, 0.15) is 0 Å². The number of aromatic carboxylic acids is 1. The van der Waals surface area contributed by atoms with E-state index in [1.54, 1.807) is 36.8 Å². The maximum Gasteiger partial charge on any atom is 0.335 e. The molecule has 21 heavy (non-hydrogen) atoms. The Balaban J connectivity index is 1.91. The van der Waals surface area contributed by atoms with E-state index in [1.807, 2.05) is 6.07 Å². The molecule has 0 saturated heterocycles. The average molecular weight is 300 g/mol. The summed E-state index contributed by atoms with van der Waals surface area (Å²) in [5.74, 6) is -0.993. The summed E-state index contributed by atoms with van der Waals surface area (Å²) < 4.78 is 0. The van der Waals surface area contributed by atoms with Crippen LogP contribution in [0.2, 0.25) is 0 Å². The second-order valence-electron chi connectivity index (χ2n) is 4.00. The Labute approximate surface area is 126 Å². The molecule has 2 aromatic rings. The molecule has 0 aliphatic heterocycles. The first-order valence-corrected chi connectivity index (χ1v) is 6.39. The van der Waals surface area contributed by atoms with E-state index in [0.717, 1.165) is 5.56 Å². The molecule has 0 aliphatic rings. The van der Waals surface area contributed by atoms with E-state index in [2.05, 4.69) is 20.8 Å². The molecule has 3 N–H and O–H groups in total. The van der Waals surface area contributed by atoms with Gasteiger partial charge in [0.2, 0.25) is 0 Å². The summed E-state index contributed by atoms with van der Waals surface area (Å²) in [6, 6.07) is 9.99. The molecule has 2 rings (SSSR count). The molecule has 6 nitrogen and oxygen atoms in total. The van der Waals surface area contributed by atoms with E-state index in [0.29, 0.717) is 5.69 Å². The first kappa shape index (κ1) is 14.6. The van der Waals surface area contributed by atoms with Gasteiger partial charge in [0.05, 0.1) is 11.8 Å². The zero-order chi connectivity index (χ0) is 15.1. The Hall–Kier alpha value is -2.80. The summed E-state index contributed by atoms with van der Waals surface area (Å²) in [5, 5.41) is 16.0. The normalized spacial score (nSPS) is 10.3. The Morgan fingerprint density at radius 2 is 2.19 bits per heavy atom. The second kappa shape index (κ2) is 7.11. The fraction of sp³-hybridized carbons (Fsp3) is 0. The number of nitrogens with zero attached hydrogens (tertiary/aromatic N) is 2. The number of aromatic nitrogens is 1. The molecule has 0 unspecified atom stereocenters. The van der Waals surface area contributed by atoms with Crippen LogP contribution in [-0.2, 0) is 0 Å². The fourth-order valence-electron chi connectivity index (χ4n) is 1.51. The van der Waals surface area contributed by atoms with Crippen LogP contribution >= 0.6 is 12.2 Å². The van der Waals surface area contributed by atoms with Crippen LogP contribution in [0.4, 0.5) is 5.69 Å². The lowest BCUT2D eigenvalue weighted by molar-refractivity contribution is 0.0697. The highest BCUT2D eigenvalue weighted by atomic mass is 32.1. The molecule has 7 heteroatoms. The minimum Gasteiger partial charge on any atom is -0.478 e. The summed E-state index contributed by atoms with van der Waals surface area (Å²) in [6.45, 7) is 0. The number of carboxylic acid groups (broad SMARTS) is 1. The van der Waals surface area contributed by atoms with Crippen molar-refractivity contribution in [3.05, 3.63) is 59.9 Å². The van der Waals surface area contributed by atoms with Gasteiger partial charge in [-0.25, -0.2) is 4.79 Å². The molecular weight excluding hydrogens is 288 g/mol. The summed E-state index contributed by atoms with van der Waals surface area (Å²) in [6.07, 6.45) is 4.92. The fourth-order valence-corrected chi connectivity index (χ4v) is 1.68. The number of benzene rings is 1. The number of carboxylic acids is 1. The molecule has 1 heterocycles. The second-order valence-corrected chi connectivity index (χ2v) is 4.40. The Morgan fingerprint density at radius 1 is 1.33 bits per heavy atom. The number of carbonyl (C=O) groups is 1. The molecule has 106 valence electrons. The largest absolute Gasteiger partial charge is 0.478 e. The predicted octanol–water partition coefficient (Wildman–Crippen LogP) is 2.10. The van der Waals surface area contributed by atoms with Crippen molar-refractivity contribution in [2.45, 2.75) is 0 Å². The number of hydrogen-bond acceptors (Lipinski definition) is 4. The van der Waals surface area contributed by atoms with Gasteiger partial charge in [-0.2, -0.15) is 5.10 Å². The van der Waals surface area contributed by atoms with E-state index in [4.69, 9.17) is 17.3 Å². The molecule has 0 amide bonds. The maximum absolute atomic E-state index is 10.9. The summed E-state index contributed by atoms with van der Waals surface area (Å²) in [7, 11) is 0. The Morgan fingerprint density at radius 3 is 2.90 bits per heavy atom. The van der Waals surface area contributed by atoms with Gasteiger partial charge >= 0.3 is 5.97 Å². The van der Waals surface area contributed by atoms with Crippen LogP contribution in [0.15, 0.2) is 53.9 Å². The van der Waals surface area contributed by atoms with Gasteiger partial charge in [-0.1, -0.05) is 12.1 Å². The lowest BCUT2D eigenvalue weighted by atomic mass is 10.2. The van der Waals surface area contributed by atoms with Crippen LogP contribution < -0.4 is 10.7 Å². The number of rotatable bonds is 4. The van der Waals surface area contributed by atoms with Crippen molar-refractivity contribution in [3.8, 4) is 0 Å². The topological polar surface area (TPSA) is 86.6 Å². The Bertz CT molecular complexity index is 674. The molecule has 0 aliphatic carbocycles. The number of hydrazone groups is 1. The van der Waals surface area contributed by atoms with Crippen molar-refractivity contribution in [3.63, 3.8) is 0 Å². The smallest absolute Gasteiger partial charge is 0.335 e. The molecular formula is C14H12N4O2S. The van der Waals surface area contributed by atoms with Crippen molar-refractivity contribution in [1.29, 1.82) is 0 Å². The van der Waals surface area contributed by atoms with Gasteiger partial charge < -0.3 is 10.4 Å². The van der Waals surface area contributed by atoms with Crippen LogP contribution in [0.1, 0.15) is 15.9 Å². The lowest BCUT2D eigenvalue weighted by Gasteiger charge is -2.07. The number of thiocarbonyl (C=S) groups is 1. The number of hydrogen-bond donors (Lipinski definition) is 3. The summed E-state index contributed by atoms with van der Waals surface area (Å²) >= 11 is 5.06. The van der Waals surface area contributed by atoms with Gasteiger partial charge in [-0.15, -0.1) is 0 Å². The van der Waals surface area contributed by atoms with Crippen molar-refractivity contribution in [1.82, 2.24) is 10.4 Å². The van der Waals surface area contributed by atoms with Crippen molar-refractivity contribution in [2.75, 3.05) is 5.32 Å². The van der Waals surface area contributed by atoms with Crippen molar-refractivity contribution in [2.24, 2.45) is 5.10 Å². The predicted molar refractivity (Wildman–Crippen MR) is 84.6 cm³/mol.